The predicted molar refractivity (Wildman–Crippen MR) is 84.8 cm³/mol. The predicted octanol–water partition coefficient (Wildman–Crippen LogP) is 3.35. The molecular formula is C17H24O3S. The van der Waals surface area contributed by atoms with Crippen molar-refractivity contribution in [1.82, 2.24) is 0 Å². The molecule has 1 aromatic carbocycles. The molecule has 1 fully saturated rings. The van der Waals surface area contributed by atoms with E-state index < -0.39 is 20.7 Å². The molecule has 21 heavy (non-hydrogen) atoms. The molecule has 0 aliphatic heterocycles. The Labute approximate surface area is 127 Å². The molecule has 0 aromatic heterocycles. The number of benzene rings is 1. The van der Waals surface area contributed by atoms with Crippen molar-refractivity contribution >= 4 is 9.84 Å². The molecule has 0 unspecified atom stereocenters. The highest BCUT2D eigenvalue weighted by Crippen LogP contribution is 2.45. The van der Waals surface area contributed by atoms with Gasteiger partial charge in [-0.1, -0.05) is 44.0 Å². The second-order valence-electron chi connectivity index (χ2n) is 5.80. The number of aliphatic hydroxyl groups is 1. The van der Waals surface area contributed by atoms with E-state index in [0.717, 1.165) is 19.3 Å². The molecule has 3 nitrogen and oxygen atoms in total. The molecule has 1 aliphatic carbocycles. The lowest BCUT2D eigenvalue weighted by atomic mass is 9.75. The molecule has 0 radical (unpaired) electrons. The van der Waals surface area contributed by atoms with Crippen LogP contribution in [0.1, 0.15) is 39.0 Å². The first-order valence-corrected chi connectivity index (χ1v) is 9.09. The van der Waals surface area contributed by atoms with E-state index in [9.17, 15) is 13.5 Å². The van der Waals surface area contributed by atoms with E-state index in [1.54, 1.807) is 36.4 Å². The van der Waals surface area contributed by atoms with Crippen LogP contribution in [0.2, 0.25) is 0 Å². The van der Waals surface area contributed by atoms with Crippen molar-refractivity contribution in [2.75, 3.05) is 0 Å². The van der Waals surface area contributed by atoms with Gasteiger partial charge in [0.05, 0.1) is 15.7 Å². The van der Waals surface area contributed by atoms with Gasteiger partial charge in [0.1, 0.15) is 0 Å². The van der Waals surface area contributed by atoms with E-state index in [0.29, 0.717) is 17.7 Å². The molecule has 1 aromatic rings. The normalized spacial score (nSPS) is 28.0. The van der Waals surface area contributed by atoms with Gasteiger partial charge >= 0.3 is 0 Å². The summed E-state index contributed by atoms with van der Waals surface area (Å²) in [5.74, 6) is -0.279. The van der Waals surface area contributed by atoms with Gasteiger partial charge in [0, 0.05) is 5.92 Å². The maximum atomic E-state index is 13.2. The third-order valence-electron chi connectivity index (χ3n) is 4.74. The Kier molecular flexibility index (Phi) is 4.89. The third-order valence-corrected chi connectivity index (χ3v) is 7.31. The second-order valence-corrected chi connectivity index (χ2v) is 8.04. The topological polar surface area (TPSA) is 54.4 Å². The molecule has 3 atom stereocenters. The van der Waals surface area contributed by atoms with E-state index in [-0.39, 0.29) is 5.92 Å². The van der Waals surface area contributed by atoms with Crippen LogP contribution < -0.4 is 0 Å². The number of rotatable bonds is 5. The Morgan fingerprint density at radius 3 is 2.62 bits per heavy atom. The summed E-state index contributed by atoms with van der Waals surface area (Å²) in [7, 11) is -3.56. The average Bonchev–Trinajstić information content (AvgIpc) is 2.54. The van der Waals surface area contributed by atoms with Crippen molar-refractivity contribution in [2.45, 2.75) is 54.8 Å². The zero-order chi connectivity index (χ0) is 15.5. The average molecular weight is 308 g/mol. The monoisotopic (exact) mass is 308 g/mol. The Bertz CT molecular complexity index is 579. The van der Waals surface area contributed by atoms with Crippen molar-refractivity contribution in [2.24, 2.45) is 5.92 Å². The van der Waals surface area contributed by atoms with Crippen LogP contribution in [-0.4, -0.2) is 24.4 Å². The fourth-order valence-corrected chi connectivity index (χ4v) is 5.77. The van der Waals surface area contributed by atoms with Crippen LogP contribution in [0.5, 0.6) is 0 Å². The molecule has 0 bridgehead atoms. The lowest BCUT2D eigenvalue weighted by Crippen LogP contribution is -2.50. The summed E-state index contributed by atoms with van der Waals surface area (Å²) in [5.41, 5.74) is 0. The number of hydrogen-bond donors (Lipinski definition) is 1. The highest BCUT2D eigenvalue weighted by atomic mass is 32.2. The number of sulfone groups is 1. The molecule has 4 heteroatoms. The molecule has 0 amide bonds. The number of hydrogen-bond acceptors (Lipinski definition) is 3. The van der Waals surface area contributed by atoms with Gasteiger partial charge < -0.3 is 5.11 Å². The summed E-state index contributed by atoms with van der Waals surface area (Å²) in [6.45, 7) is 5.72. The first kappa shape index (κ1) is 16.2. The first-order chi connectivity index (χ1) is 9.99. The van der Waals surface area contributed by atoms with Crippen LogP contribution in [0.4, 0.5) is 0 Å². The van der Waals surface area contributed by atoms with Crippen LogP contribution >= 0.6 is 0 Å². The van der Waals surface area contributed by atoms with E-state index in [2.05, 4.69) is 6.58 Å². The highest BCUT2D eigenvalue weighted by molar-refractivity contribution is 7.93. The highest BCUT2D eigenvalue weighted by Gasteiger charge is 2.51. The van der Waals surface area contributed by atoms with E-state index in [4.69, 9.17) is 0 Å². The maximum absolute atomic E-state index is 13.2. The minimum absolute atomic E-state index is 0.279. The van der Waals surface area contributed by atoms with Crippen LogP contribution in [0, 0.1) is 5.92 Å². The van der Waals surface area contributed by atoms with Crippen LogP contribution in [0.3, 0.4) is 0 Å². The number of aliphatic hydroxyl groups excluding tert-OH is 1. The Morgan fingerprint density at radius 2 is 2.05 bits per heavy atom. The fraction of sp³-hybridized carbons (Fsp3) is 0.529. The Hall–Kier alpha value is -1.13. The van der Waals surface area contributed by atoms with Gasteiger partial charge in [0.25, 0.3) is 0 Å². The van der Waals surface area contributed by atoms with E-state index in [1.165, 1.54) is 0 Å². The Morgan fingerprint density at radius 1 is 1.38 bits per heavy atom. The smallest absolute Gasteiger partial charge is 0.187 e. The quantitative estimate of drug-likeness (QED) is 0.849. The minimum atomic E-state index is -3.56. The lowest BCUT2D eigenvalue weighted by Gasteiger charge is -2.43. The summed E-state index contributed by atoms with van der Waals surface area (Å²) < 4.78 is 25.3. The van der Waals surface area contributed by atoms with Crippen LogP contribution in [-0.2, 0) is 9.84 Å². The summed E-state index contributed by atoms with van der Waals surface area (Å²) in [5, 5.41) is 10.3. The molecule has 0 saturated heterocycles. The molecule has 1 N–H and O–H groups in total. The molecular weight excluding hydrogens is 284 g/mol. The lowest BCUT2D eigenvalue weighted by molar-refractivity contribution is 0.0674. The molecule has 0 heterocycles. The molecule has 2 rings (SSSR count). The van der Waals surface area contributed by atoms with Gasteiger partial charge in [-0.2, -0.15) is 0 Å². The van der Waals surface area contributed by atoms with Crippen LogP contribution in [0.15, 0.2) is 47.9 Å². The summed E-state index contributed by atoms with van der Waals surface area (Å²) >= 11 is 0. The molecule has 0 spiro atoms. The van der Waals surface area contributed by atoms with Gasteiger partial charge in [-0.3, -0.25) is 0 Å². The summed E-state index contributed by atoms with van der Waals surface area (Å²) in [6.07, 6.45) is 4.60. The molecule has 116 valence electrons. The van der Waals surface area contributed by atoms with Crippen molar-refractivity contribution in [3.05, 3.63) is 43.0 Å². The minimum Gasteiger partial charge on any atom is -0.393 e. The van der Waals surface area contributed by atoms with Gasteiger partial charge in [0.2, 0.25) is 0 Å². The maximum Gasteiger partial charge on any atom is 0.187 e. The van der Waals surface area contributed by atoms with Crippen molar-refractivity contribution < 1.29 is 13.5 Å². The zero-order valence-electron chi connectivity index (χ0n) is 12.5. The SMILES string of the molecule is C=C[C@@]1(S(=O)(=O)c2ccccc2)CCCC[C@H]1[C@@H](O)CC. The standard InChI is InChI=1S/C17H24O3S/c1-3-16(18)15-12-8-9-13-17(15,4-2)21(19,20)14-10-6-5-7-11-14/h4-7,10-11,15-16,18H,2-3,8-9,12-13H2,1H3/t15-,16-,17+/m0/s1. The molecule has 1 saturated carbocycles. The van der Waals surface area contributed by atoms with Gasteiger partial charge in [-0.25, -0.2) is 8.42 Å². The van der Waals surface area contributed by atoms with Gasteiger partial charge in [0.15, 0.2) is 9.84 Å². The van der Waals surface area contributed by atoms with Crippen molar-refractivity contribution in [3.8, 4) is 0 Å². The summed E-state index contributed by atoms with van der Waals surface area (Å²) in [6, 6.07) is 8.53. The molecule has 1 aliphatic rings. The fourth-order valence-electron chi connectivity index (χ4n) is 3.51. The first-order valence-electron chi connectivity index (χ1n) is 7.61. The van der Waals surface area contributed by atoms with Crippen molar-refractivity contribution in [3.63, 3.8) is 0 Å². The Balaban J connectivity index is 2.55. The summed E-state index contributed by atoms with van der Waals surface area (Å²) in [4.78, 5) is 0.320. The van der Waals surface area contributed by atoms with Crippen molar-refractivity contribution in [1.29, 1.82) is 0 Å². The van der Waals surface area contributed by atoms with E-state index in [1.807, 2.05) is 6.92 Å². The largest absolute Gasteiger partial charge is 0.393 e. The third kappa shape index (κ3) is 2.67. The van der Waals surface area contributed by atoms with Crippen LogP contribution in [0.25, 0.3) is 0 Å². The zero-order valence-corrected chi connectivity index (χ0v) is 13.3. The second kappa shape index (κ2) is 6.32. The van der Waals surface area contributed by atoms with Gasteiger partial charge in [-0.05, 0) is 31.4 Å². The van der Waals surface area contributed by atoms with E-state index >= 15 is 0 Å². The van der Waals surface area contributed by atoms with Gasteiger partial charge in [-0.15, -0.1) is 6.58 Å².